The van der Waals surface area contributed by atoms with E-state index < -0.39 is 0 Å². The Morgan fingerprint density at radius 2 is 1.90 bits per heavy atom. The number of nitrogens with zero attached hydrogens (tertiary/aromatic N) is 1. The van der Waals surface area contributed by atoms with Crippen molar-refractivity contribution in [1.82, 2.24) is 4.90 Å². The van der Waals surface area contributed by atoms with Crippen LogP contribution in [-0.4, -0.2) is 29.1 Å². The molecule has 0 amide bonds. The van der Waals surface area contributed by atoms with Gasteiger partial charge in [0.2, 0.25) is 0 Å². The van der Waals surface area contributed by atoms with Crippen molar-refractivity contribution in [3.05, 3.63) is 34.9 Å². The maximum Gasteiger partial charge on any atom is 0.0919 e. The van der Waals surface area contributed by atoms with Gasteiger partial charge < -0.3 is 5.11 Å². The lowest BCUT2D eigenvalue weighted by Gasteiger charge is -2.35. The number of aryl methyl sites for hydroxylation is 2. The Morgan fingerprint density at radius 1 is 1.20 bits per heavy atom. The number of hydrogen-bond donors (Lipinski definition) is 1. The monoisotopic (exact) mass is 275 g/mol. The van der Waals surface area contributed by atoms with Crippen molar-refractivity contribution in [2.45, 2.75) is 65.0 Å². The van der Waals surface area contributed by atoms with E-state index in [9.17, 15) is 5.11 Å². The molecule has 1 aliphatic carbocycles. The fourth-order valence-electron chi connectivity index (χ4n) is 3.42. The third-order valence-corrected chi connectivity index (χ3v) is 4.70. The van der Waals surface area contributed by atoms with Crippen molar-refractivity contribution >= 4 is 0 Å². The minimum Gasteiger partial charge on any atom is -0.387 e. The summed E-state index contributed by atoms with van der Waals surface area (Å²) in [6.45, 7) is 8.20. The summed E-state index contributed by atoms with van der Waals surface area (Å²) in [4.78, 5) is 2.48. The zero-order valence-electron chi connectivity index (χ0n) is 13.2. The molecule has 0 aliphatic heterocycles. The van der Waals surface area contributed by atoms with E-state index in [1.165, 1.54) is 43.2 Å². The summed E-state index contributed by atoms with van der Waals surface area (Å²) in [5.74, 6) is 0. The van der Waals surface area contributed by atoms with Crippen LogP contribution in [0.5, 0.6) is 0 Å². The van der Waals surface area contributed by atoms with Gasteiger partial charge in [0, 0.05) is 12.6 Å². The summed E-state index contributed by atoms with van der Waals surface area (Å²) in [5, 5.41) is 10.6. The summed E-state index contributed by atoms with van der Waals surface area (Å²) < 4.78 is 0. The number of likely N-dealkylation sites (N-methyl/N-ethyl adjacent to an activating group) is 1. The number of aliphatic hydroxyl groups excluding tert-OH is 1. The number of aliphatic hydroxyl groups is 1. The lowest BCUT2D eigenvalue weighted by atomic mass is 9.93. The van der Waals surface area contributed by atoms with Crippen LogP contribution in [-0.2, 0) is 0 Å². The number of rotatable bonds is 5. The predicted octanol–water partition coefficient (Wildman–Crippen LogP) is 3.99. The van der Waals surface area contributed by atoms with E-state index in [2.05, 4.69) is 43.9 Å². The molecule has 1 fully saturated rings. The summed E-state index contributed by atoms with van der Waals surface area (Å²) in [6, 6.07) is 7.04. The first kappa shape index (κ1) is 15.5. The zero-order chi connectivity index (χ0) is 14.5. The molecular formula is C18H29NO. The first-order valence-electron chi connectivity index (χ1n) is 8.11. The van der Waals surface area contributed by atoms with Gasteiger partial charge in [-0.05, 0) is 44.4 Å². The molecule has 112 valence electrons. The van der Waals surface area contributed by atoms with E-state index in [1.807, 2.05) is 0 Å². The molecule has 1 N–H and O–H groups in total. The SMILES string of the molecule is CCN(CC(O)c1cc(C)ccc1C)C1CCCCC1. The van der Waals surface area contributed by atoms with Gasteiger partial charge in [0.25, 0.3) is 0 Å². The molecule has 20 heavy (non-hydrogen) atoms. The van der Waals surface area contributed by atoms with Crippen LogP contribution < -0.4 is 0 Å². The molecule has 1 unspecified atom stereocenters. The third-order valence-electron chi connectivity index (χ3n) is 4.70. The van der Waals surface area contributed by atoms with Gasteiger partial charge in [-0.15, -0.1) is 0 Å². The highest BCUT2D eigenvalue weighted by molar-refractivity contribution is 5.32. The quantitative estimate of drug-likeness (QED) is 0.878. The highest BCUT2D eigenvalue weighted by atomic mass is 16.3. The van der Waals surface area contributed by atoms with Gasteiger partial charge in [0.1, 0.15) is 0 Å². The van der Waals surface area contributed by atoms with Gasteiger partial charge in [-0.2, -0.15) is 0 Å². The summed E-state index contributed by atoms with van der Waals surface area (Å²) >= 11 is 0. The fraction of sp³-hybridized carbons (Fsp3) is 0.667. The number of benzene rings is 1. The third kappa shape index (κ3) is 3.83. The van der Waals surface area contributed by atoms with Crippen molar-refractivity contribution in [1.29, 1.82) is 0 Å². The Morgan fingerprint density at radius 3 is 2.55 bits per heavy atom. The van der Waals surface area contributed by atoms with Crippen molar-refractivity contribution in [3.8, 4) is 0 Å². The summed E-state index contributed by atoms with van der Waals surface area (Å²) in [6.07, 6.45) is 6.31. The molecular weight excluding hydrogens is 246 g/mol. The zero-order valence-corrected chi connectivity index (χ0v) is 13.2. The minimum atomic E-state index is -0.364. The highest BCUT2D eigenvalue weighted by Gasteiger charge is 2.23. The molecule has 0 bridgehead atoms. The normalized spacial score (nSPS) is 18.4. The van der Waals surface area contributed by atoms with Crippen LogP contribution in [0, 0.1) is 13.8 Å². The second-order valence-electron chi connectivity index (χ2n) is 6.26. The van der Waals surface area contributed by atoms with Gasteiger partial charge in [0.05, 0.1) is 6.10 Å². The molecule has 2 rings (SSSR count). The van der Waals surface area contributed by atoms with E-state index in [0.717, 1.165) is 18.7 Å². The van der Waals surface area contributed by atoms with Crippen LogP contribution in [0.3, 0.4) is 0 Å². The van der Waals surface area contributed by atoms with E-state index in [0.29, 0.717) is 6.04 Å². The molecule has 0 aromatic heterocycles. The van der Waals surface area contributed by atoms with Gasteiger partial charge in [0.15, 0.2) is 0 Å². The topological polar surface area (TPSA) is 23.5 Å². The van der Waals surface area contributed by atoms with Gasteiger partial charge in [-0.1, -0.05) is 49.9 Å². The van der Waals surface area contributed by atoms with Crippen LogP contribution in [0.15, 0.2) is 18.2 Å². The van der Waals surface area contributed by atoms with Crippen LogP contribution in [0.4, 0.5) is 0 Å². The van der Waals surface area contributed by atoms with Crippen molar-refractivity contribution < 1.29 is 5.11 Å². The largest absolute Gasteiger partial charge is 0.387 e. The lowest BCUT2D eigenvalue weighted by Crippen LogP contribution is -2.39. The molecule has 2 heteroatoms. The molecule has 1 atom stereocenters. The molecule has 1 aliphatic rings. The summed E-state index contributed by atoms with van der Waals surface area (Å²) in [7, 11) is 0. The molecule has 0 spiro atoms. The van der Waals surface area contributed by atoms with Crippen molar-refractivity contribution in [3.63, 3.8) is 0 Å². The molecule has 1 aromatic rings. The first-order valence-corrected chi connectivity index (χ1v) is 8.11. The smallest absolute Gasteiger partial charge is 0.0919 e. The highest BCUT2D eigenvalue weighted by Crippen LogP contribution is 2.26. The van der Waals surface area contributed by atoms with Crippen molar-refractivity contribution in [2.24, 2.45) is 0 Å². The van der Waals surface area contributed by atoms with E-state index in [-0.39, 0.29) is 6.10 Å². The van der Waals surface area contributed by atoms with Crippen molar-refractivity contribution in [2.75, 3.05) is 13.1 Å². The first-order chi connectivity index (χ1) is 9.61. The van der Waals surface area contributed by atoms with Crippen LogP contribution in [0.25, 0.3) is 0 Å². The second kappa shape index (κ2) is 7.24. The van der Waals surface area contributed by atoms with E-state index >= 15 is 0 Å². The molecule has 0 radical (unpaired) electrons. The average molecular weight is 275 g/mol. The minimum absolute atomic E-state index is 0.364. The second-order valence-corrected chi connectivity index (χ2v) is 6.26. The van der Waals surface area contributed by atoms with E-state index in [1.54, 1.807) is 0 Å². The average Bonchev–Trinajstić information content (AvgIpc) is 2.48. The van der Waals surface area contributed by atoms with Gasteiger partial charge >= 0.3 is 0 Å². The maximum atomic E-state index is 10.6. The van der Waals surface area contributed by atoms with Gasteiger partial charge in [-0.3, -0.25) is 4.90 Å². The summed E-state index contributed by atoms with van der Waals surface area (Å²) in [5.41, 5.74) is 3.52. The molecule has 2 nitrogen and oxygen atoms in total. The molecule has 1 saturated carbocycles. The molecule has 1 aromatic carbocycles. The maximum absolute atomic E-state index is 10.6. The Balaban J connectivity index is 2.04. The Kier molecular flexibility index (Phi) is 5.62. The van der Waals surface area contributed by atoms with Gasteiger partial charge in [-0.25, -0.2) is 0 Å². The lowest BCUT2D eigenvalue weighted by molar-refractivity contribution is 0.0763. The van der Waals surface area contributed by atoms with Crippen LogP contribution >= 0.6 is 0 Å². The molecule has 0 saturated heterocycles. The van der Waals surface area contributed by atoms with Crippen LogP contribution in [0.2, 0.25) is 0 Å². The Bertz CT molecular complexity index is 423. The number of hydrogen-bond acceptors (Lipinski definition) is 2. The Hall–Kier alpha value is -0.860. The standard InChI is InChI=1S/C18H29NO/c1-4-19(16-8-6-5-7-9-16)13-18(20)17-12-14(2)10-11-15(17)3/h10-12,16,18,20H,4-9,13H2,1-3H3. The Labute approximate surface area is 123 Å². The fourth-order valence-corrected chi connectivity index (χ4v) is 3.42. The van der Waals surface area contributed by atoms with Crippen LogP contribution in [0.1, 0.15) is 61.8 Å². The molecule has 0 heterocycles. The predicted molar refractivity (Wildman–Crippen MR) is 85.0 cm³/mol. The van der Waals surface area contributed by atoms with E-state index in [4.69, 9.17) is 0 Å².